The van der Waals surface area contributed by atoms with Crippen molar-refractivity contribution in [3.05, 3.63) is 12.1 Å². The maximum atomic E-state index is 5.70. The van der Waals surface area contributed by atoms with E-state index >= 15 is 0 Å². The third-order valence-electron chi connectivity index (χ3n) is 1.90. The van der Waals surface area contributed by atoms with E-state index < -0.39 is 0 Å². The molecule has 1 aliphatic rings. The molecular formula is C9H11NO3. The van der Waals surface area contributed by atoms with E-state index in [0.29, 0.717) is 36.1 Å². The molecule has 0 saturated carbocycles. The quantitative estimate of drug-likeness (QED) is 0.658. The molecular weight excluding hydrogens is 170 g/mol. The number of hydrogen-bond donors (Lipinski definition) is 1. The van der Waals surface area contributed by atoms with Crippen LogP contribution < -0.4 is 19.9 Å². The molecule has 4 nitrogen and oxygen atoms in total. The van der Waals surface area contributed by atoms with Crippen molar-refractivity contribution in [3.8, 4) is 17.2 Å². The van der Waals surface area contributed by atoms with Gasteiger partial charge in [-0.25, -0.2) is 0 Å². The van der Waals surface area contributed by atoms with Crippen LogP contribution in [-0.2, 0) is 0 Å². The van der Waals surface area contributed by atoms with Gasteiger partial charge in [0.1, 0.15) is 13.2 Å². The van der Waals surface area contributed by atoms with Gasteiger partial charge in [-0.3, -0.25) is 0 Å². The number of nitrogens with two attached hydrogens (primary N) is 1. The Morgan fingerprint density at radius 2 is 1.92 bits per heavy atom. The average molecular weight is 181 g/mol. The fraction of sp³-hybridized carbons (Fsp3) is 0.333. The molecule has 1 aromatic rings. The van der Waals surface area contributed by atoms with Gasteiger partial charge in [0.2, 0.25) is 5.75 Å². The number of benzene rings is 1. The molecule has 13 heavy (non-hydrogen) atoms. The van der Waals surface area contributed by atoms with Crippen molar-refractivity contribution >= 4 is 5.69 Å². The minimum absolute atomic E-state index is 0.532. The van der Waals surface area contributed by atoms with Crippen molar-refractivity contribution in [1.82, 2.24) is 0 Å². The monoisotopic (exact) mass is 181 g/mol. The van der Waals surface area contributed by atoms with Crippen LogP contribution in [0, 0.1) is 0 Å². The summed E-state index contributed by atoms with van der Waals surface area (Å²) in [7, 11) is 1.59. The fourth-order valence-corrected chi connectivity index (χ4v) is 1.29. The van der Waals surface area contributed by atoms with Crippen molar-refractivity contribution in [2.24, 2.45) is 0 Å². The van der Waals surface area contributed by atoms with Gasteiger partial charge in [-0.05, 0) is 12.1 Å². The first-order valence-corrected chi connectivity index (χ1v) is 4.05. The van der Waals surface area contributed by atoms with Gasteiger partial charge in [-0.15, -0.1) is 0 Å². The molecule has 0 aliphatic carbocycles. The molecule has 0 spiro atoms. The maximum Gasteiger partial charge on any atom is 0.205 e. The van der Waals surface area contributed by atoms with Crippen molar-refractivity contribution in [1.29, 1.82) is 0 Å². The normalized spacial score (nSPS) is 13.9. The van der Waals surface area contributed by atoms with Gasteiger partial charge in [0.05, 0.1) is 12.8 Å². The van der Waals surface area contributed by atoms with Gasteiger partial charge in [-0.1, -0.05) is 0 Å². The zero-order valence-electron chi connectivity index (χ0n) is 7.37. The number of hydrogen-bond acceptors (Lipinski definition) is 4. The predicted molar refractivity (Wildman–Crippen MR) is 48.4 cm³/mol. The van der Waals surface area contributed by atoms with Gasteiger partial charge in [0.25, 0.3) is 0 Å². The van der Waals surface area contributed by atoms with Crippen LogP contribution in [0.3, 0.4) is 0 Å². The Labute approximate surface area is 76.2 Å². The minimum atomic E-state index is 0.532. The Bertz CT molecular complexity index is 325. The highest BCUT2D eigenvalue weighted by molar-refractivity contribution is 5.66. The van der Waals surface area contributed by atoms with Crippen molar-refractivity contribution < 1.29 is 14.2 Å². The van der Waals surface area contributed by atoms with E-state index in [-0.39, 0.29) is 0 Å². The first-order chi connectivity index (χ1) is 6.33. The lowest BCUT2D eigenvalue weighted by atomic mass is 10.2. The lowest BCUT2D eigenvalue weighted by Gasteiger charge is -2.21. The molecule has 0 aromatic heterocycles. The van der Waals surface area contributed by atoms with Gasteiger partial charge >= 0.3 is 0 Å². The fourth-order valence-electron chi connectivity index (χ4n) is 1.29. The standard InChI is InChI=1S/C9H11NO3/c1-11-7-3-2-6(10)8-9(7)13-5-4-12-8/h2-3H,4-5,10H2,1H3. The van der Waals surface area contributed by atoms with E-state index in [4.69, 9.17) is 19.9 Å². The molecule has 0 atom stereocenters. The molecule has 2 rings (SSSR count). The maximum absolute atomic E-state index is 5.70. The number of anilines is 1. The summed E-state index contributed by atoms with van der Waals surface area (Å²) >= 11 is 0. The SMILES string of the molecule is COc1ccc(N)c2c1OCCO2. The summed E-state index contributed by atoms with van der Waals surface area (Å²) in [5.41, 5.74) is 6.28. The Morgan fingerprint density at radius 3 is 2.62 bits per heavy atom. The molecule has 0 amide bonds. The smallest absolute Gasteiger partial charge is 0.205 e. The molecule has 1 aliphatic heterocycles. The third kappa shape index (κ3) is 1.24. The Morgan fingerprint density at radius 1 is 1.23 bits per heavy atom. The number of rotatable bonds is 1. The molecule has 1 heterocycles. The summed E-state index contributed by atoms with van der Waals surface area (Å²) in [6.45, 7) is 1.07. The molecule has 0 bridgehead atoms. The van der Waals surface area contributed by atoms with Crippen LogP contribution in [-0.4, -0.2) is 20.3 Å². The molecule has 0 unspecified atom stereocenters. The third-order valence-corrected chi connectivity index (χ3v) is 1.90. The van der Waals surface area contributed by atoms with E-state index in [0.717, 1.165) is 0 Å². The van der Waals surface area contributed by atoms with Crippen molar-refractivity contribution in [3.63, 3.8) is 0 Å². The average Bonchev–Trinajstić information content (AvgIpc) is 2.19. The zero-order valence-corrected chi connectivity index (χ0v) is 7.37. The van der Waals surface area contributed by atoms with Crippen LogP contribution in [0.1, 0.15) is 0 Å². The van der Waals surface area contributed by atoms with Gasteiger partial charge in [-0.2, -0.15) is 0 Å². The highest BCUT2D eigenvalue weighted by Gasteiger charge is 2.19. The molecule has 0 fully saturated rings. The Hall–Kier alpha value is -1.58. The molecule has 2 N–H and O–H groups in total. The second-order valence-corrected chi connectivity index (χ2v) is 2.71. The summed E-state index contributed by atoms with van der Waals surface area (Å²) in [6, 6.07) is 3.51. The second-order valence-electron chi connectivity index (χ2n) is 2.71. The van der Waals surface area contributed by atoms with E-state index in [9.17, 15) is 0 Å². The molecule has 70 valence electrons. The van der Waals surface area contributed by atoms with E-state index in [1.54, 1.807) is 19.2 Å². The lowest BCUT2D eigenvalue weighted by molar-refractivity contribution is 0.166. The van der Waals surface area contributed by atoms with Crippen LogP contribution in [0.5, 0.6) is 17.2 Å². The van der Waals surface area contributed by atoms with Gasteiger partial charge in [0, 0.05) is 0 Å². The molecule has 0 saturated heterocycles. The summed E-state index contributed by atoms with van der Waals surface area (Å²) in [4.78, 5) is 0. The second kappa shape index (κ2) is 3.05. The van der Waals surface area contributed by atoms with Crippen LogP contribution in [0.4, 0.5) is 5.69 Å². The summed E-state index contributed by atoms with van der Waals surface area (Å²) in [5.74, 6) is 1.85. The highest BCUT2D eigenvalue weighted by atomic mass is 16.6. The molecule has 1 aromatic carbocycles. The van der Waals surface area contributed by atoms with Crippen molar-refractivity contribution in [2.75, 3.05) is 26.1 Å². The number of ether oxygens (including phenoxy) is 3. The topological polar surface area (TPSA) is 53.7 Å². The van der Waals surface area contributed by atoms with E-state index in [1.807, 2.05) is 0 Å². The molecule has 0 radical (unpaired) electrons. The predicted octanol–water partition coefficient (Wildman–Crippen LogP) is 1.05. The van der Waals surface area contributed by atoms with Gasteiger partial charge in [0.15, 0.2) is 11.5 Å². The van der Waals surface area contributed by atoms with E-state index in [1.165, 1.54) is 0 Å². The largest absolute Gasteiger partial charge is 0.493 e. The van der Waals surface area contributed by atoms with Crippen LogP contribution in [0.15, 0.2) is 12.1 Å². The summed E-state index contributed by atoms with van der Waals surface area (Å²) < 4.78 is 15.9. The Balaban J connectivity index is 2.52. The number of methoxy groups -OCH3 is 1. The van der Waals surface area contributed by atoms with Gasteiger partial charge < -0.3 is 19.9 Å². The number of fused-ring (bicyclic) bond motifs is 1. The summed E-state index contributed by atoms with van der Waals surface area (Å²) in [5, 5.41) is 0. The summed E-state index contributed by atoms with van der Waals surface area (Å²) in [6.07, 6.45) is 0. The number of nitrogen functional groups attached to an aromatic ring is 1. The lowest BCUT2D eigenvalue weighted by Crippen LogP contribution is -2.17. The van der Waals surface area contributed by atoms with Crippen LogP contribution in [0.25, 0.3) is 0 Å². The zero-order chi connectivity index (χ0) is 9.26. The first-order valence-electron chi connectivity index (χ1n) is 4.05. The minimum Gasteiger partial charge on any atom is -0.493 e. The highest BCUT2D eigenvalue weighted by Crippen LogP contribution is 2.43. The molecule has 4 heteroatoms. The Kier molecular flexibility index (Phi) is 1.88. The first kappa shape index (κ1) is 8.04. The van der Waals surface area contributed by atoms with Crippen molar-refractivity contribution in [2.45, 2.75) is 0 Å². The van der Waals surface area contributed by atoms with Crippen LogP contribution in [0.2, 0.25) is 0 Å². The van der Waals surface area contributed by atoms with E-state index in [2.05, 4.69) is 0 Å². The van der Waals surface area contributed by atoms with Crippen LogP contribution >= 0.6 is 0 Å².